The van der Waals surface area contributed by atoms with E-state index in [9.17, 15) is 20.1 Å². The molecular weight excluding hydrogens is 432 g/mol. The first kappa shape index (κ1) is 26.4. The molecule has 4 aliphatic rings. The lowest BCUT2D eigenvalue weighted by molar-refractivity contribution is -0.207. The van der Waals surface area contributed by atoms with Gasteiger partial charge in [0, 0.05) is 13.0 Å². The molecule has 0 saturated heterocycles. The normalized spacial score (nSPS) is 47.8. The van der Waals surface area contributed by atoms with Crippen LogP contribution >= 0.6 is 0 Å². The highest BCUT2D eigenvalue weighted by molar-refractivity contribution is 5.69. The van der Waals surface area contributed by atoms with Gasteiger partial charge in [-0.15, -0.1) is 0 Å². The lowest BCUT2D eigenvalue weighted by Crippen LogP contribution is -2.62. The molecule has 0 spiro atoms. The van der Waals surface area contributed by atoms with Crippen LogP contribution in [-0.2, 0) is 14.3 Å². The summed E-state index contributed by atoms with van der Waals surface area (Å²) in [6.45, 7) is 11.0. The van der Waals surface area contributed by atoms with Crippen LogP contribution in [0.25, 0.3) is 0 Å². The molecule has 4 fully saturated rings. The van der Waals surface area contributed by atoms with Crippen molar-refractivity contribution in [1.29, 1.82) is 0 Å². The summed E-state index contributed by atoms with van der Waals surface area (Å²) >= 11 is 0. The monoisotopic (exact) mass is 480 g/mol. The standard InChI is InChI=1S/C28H48O6/c1-6-33-17(3)34-25(32)10-7-16(2)20-8-9-21-26-22(15-24(31)28(20,21)5)27(4)12-11-19(29)13-18(27)14-23(26)30/h16-24,26,29-31H,6-15H2,1-5H3. The van der Waals surface area contributed by atoms with Gasteiger partial charge in [-0.25, -0.2) is 0 Å². The van der Waals surface area contributed by atoms with Crippen molar-refractivity contribution in [3.63, 3.8) is 0 Å². The molecular formula is C28H48O6. The maximum atomic E-state index is 12.3. The van der Waals surface area contributed by atoms with Gasteiger partial charge < -0.3 is 24.8 Å². The first-order valence-electron chi connectivity index (χ1n) is 13.9. The van der Waals surface area contributed by atoms with Crippen molar-refractivity contribution in [2.75, 3.05) is 6.61 Å². The minimum absolute atomic E-state index is 0.0934. The summed E-state index contributed by atoms with van der Waals surface area (Å²) in [4.78, 5) is 12.3. The topological polar surface area (TPSA) is 96.2 Å². The van der Waals surface area contributed by atoms with Gasteiger partial charge in [0.15, 0.2) is 6.29 Å². The smallest absolute Gasteiger partial charge is 0.308 e. The van der Waals surface area contributed by atoms with Crippen LogP contribution < -0.4 is 0 Å². The Morgan fingerprint density at radius 2 is 1.76 bits per heavy atom. The molecule has 3 N–H and O–H groups in total. The number of fused-ring (bicyclic) bond motifs is 5. The van der Waals surface area contributed by atoms with Gasteiger partial charge in [0.05, 0.1) is 18.3 Å². The quantitative estimate of drug-likeness (QED) is 0.372. The number of rotatable bonds is 7. The van der Waals surface area contributed by atoms with Crippen molar-refractivity contribution in [2.24, 2.45) is 46.3 Å². The Morgan fingerprint density at radius 1 is 1.03 bits per heavy atom. The SMILES string of the molecule is CCOC(C)OC(=O)CCC(C)C1CCC2C3C(O)CC4CC(O)CCC4(C)C3CC(O)C12C. The molecule has 0 radical (unpaired) electrons. The average molecular weight is 481 g/mol. The summed E-state index contributed by atoms with van der Waals surface area (Å²) in [5.41, 5.74) is -0.141. The second-order valence-electron chi connectivity index (χ2n) is 12.6. The minimum atomic E-state index is -0.517. The molecule has 12 atom stereocenters. The molecule has 0 aliphatic heterocycles. The van der Waals surface area contributed by atoms with E-state index in [1.807, 2.05) is 6.92 Å². The van der Waals surface area contributed by atoms with Crippen LogP contribution in [0, 0.1) is 46.3 Å². The minimum Gasteiger partial charge on any atom is -0.436 e. The van der Waals surface area contributed by atoms with Gasteiger partial charge in [-0.1, -0.05) is 20.8 Å². The molecule has 0 amide bonds. The second kappa shape index (κ2) is 9.99. The van der Waals surface area contributed by atoms with Crippen molar-refractivity contribution < 1.29 is 29.6 Å². The number of hydrogen-bond acceptors (Lipinski definition) is 6. The number of aliphatic hydroxyl groups excluding tert-OH is 3. The van der Waals surface area contributed by atoms with Crippen LogP contribution in [-0.4, -0.2) is 52.5 Å². The molecule has 0 bridgehead atoms. The Labute approximate surface area is 205 Å². The molecule has 4 aliphatic carbocycles. The molecule has 12 unspecified atom stereocenters. The Hall–Kier alpha value is -0.690. The maximum Gasteiger partial charge on any atom is 0.308 e. The van der Waals surface area contributed by atoms with E-state index >= 15 is 0 Å². The number of esters is 1. The summed E-state index contributed by atoms with van der Waals surface area (Å²) in [7, 11) is 0. The Kier molecular flexibility index (Phi) is 7.75. The van der Waals surface area contributed by atoms with Crippen molar-refractivity contribution in [2.45, 2.75) is 117 Å². The lowest BCUT2D eigenvalue weighted by Gasteiger charge is -2.63. The molecule has 0 heterocycles. The summed E-state index contributed by atoms with van der Waals surface area (Å²) < 4.78 is 10.7. The van der Waals surface area contributed by atoms with Gasteiger partial charge in [0.2, 0.25) is 0 Å². The molecule has 0 aromatic heterocycles. The van der Waals surface area contributed by atoms with E-state index in [-0.39, 0.29) is 34.9 Å². The predicted octanol–water partition coefficient (Wildman–Crippen LogP) is 4.29. The van der Waals surface area contributed by atoms with Crippen LogP contribution in [0.1, 0.15) is 92.4 Å². The van der Waals surface area contributed by atoms with Gasteiger partial charge in [-0.2, -0.15) is 0 Å². The lowest BCUT2D eigenvalue weighted by atomic mass is 9.43. The van der Waals surface area contributed by atoms with E-state index in [4.69, 9.17) is 9.47 Å². The zero-order chi connectivity index (χ0) is 24.8. The van der Waals surface area contributed by atoms with Gasteiger partial charge in [0.25, 0.3) is 0 Å². The fourth-order valence-electron chi connectivity index (χ4n) is 9.19. The molecule has 196 valence electrons. The number of aliphatic hydroxyl groups is 3. The van der Waals surface area contributed by atoms with E-state index in [2.05, 4.69) is 20.8 Å². The summed E-state index contributed by atoms with van der Waals surface area (Å²) in [5.74, 6) is 1.58. The second-order valence-corrected chi connectivity index (χ2v) is 12.6. The predicted molar refractivity (Wildman–Crippen MR) is 130 cm³/mol. The summed E-state index contributed by atoms with van der Waals surface area (Å²) in [6.07, 6.45) is 5.80. The molecule has 0 aromatic carbocycles. The maximum absolute atomic E-state index is 12.3. The summed E-state index contributed by atoms with van der Waals surface area (Å²) in [6, 6.07) is 0. The van der Waals surface area contributed by atoms with Gasteiger partial charge in [-0.05, 0) is 112 Å². The van der Waals surface area contributed by atoms with Crippen molar-refractivity contribution in [1.82, 2.24) is 0 Å². The third kappa shape index (κ3) is 4.46. The Bertz CT molecular complexity index is 728. The highest BCUT2D eigenvalue weighted by Gasteiger charge is 2.65. The van der Waals surface area contributed by atoms with E-state index in [1.165, 1.54) is 0 Å². The first-order valence-corrected chi connectivity index (χ1v) is 13.9. The largest absolute Gasteiger partial charge is 0.436 e. The van der Waals surface area contributed by atoms with Crippen LogP contribution in [0.15, 0.2) is 0 Å². The molecule has 34 heavy (non-hydrogen) atoms. The fraction of sp³-hybridized carbons (Fsp3) is 0.964. The molecule has 6 nitrogen and oxygen atoms in total. The van der Waals surface area contributed by atoms with Crippen LogP contribution in [0.2, 0.25) is 0 Å². The van der Waals surface area contributed by atoms with E-state index in [0.29, 0.717) is 42.6 Å². The molecule has 4 saturated carbocycles. The zero-order valence-electron chi connectivity index (χ0n) is 21.9. The zero-order valence-corrected chi connectivity index (χ0v) is 21.9. The van der Waals surface area contributed by atoms with Gasteiger partial charge in [0.1, 0.15) is 0 Å². The average Bonchev–Trinajstić information content (AvgIpc) is 3.13. The number of carbonyl (C=O) groups excluding carboxylic acids is 1. The van der Waals surface area contributed by atoms with Crippen molar-refractivity contribution in [3.8, 4) is 0 Å². The van der Waals surface area contributed by atoms with E-state index in [0.717, 1.165) is 51.4 Å². The van der Waals surface area contributed by atoms with Crippen LogP contribution in [0.4, 0.5) is 0 Å². The first-order chi connectivity index (χ1) is 16.0. The Balaban J connectivity index is 1.46. The number of carbonyl (C=O) groups is 1. The van der Waals surface area contributed by atoms with Crippen molar-refractivity contribution >= 4 is 5.97 Å². The third-order valence-corrected chi connectivity index (χ3v) is 11.0. The highest BCUT2D eigenvalue weighted by Crippen LogP contribution is 2.68. The van der Waals surface area contributed by atoms with Crippen molar-refractivity contribution in [3.05, 3.63) is 0 Å². The van der Waals surface area contributed by atoms with Gasteiger partial charge >= 0.3 is 5.97 Å². The van der Waals surface area contributed by atoms with E-state index in [1.54, 1.807) is 6.92 Å². The molecule has 6 heteroatoms. The van der Waals surface area contributed by atoms with Crippen LogP contribution in [0.3, 0.4) is 0 Å². The molecule has 4 rings (SSSR count). The van der Waals surface area contributed by atoms with Gasteiger partial charge in [-0.3, -0.25) is 4.79 Å². The number of hydrogen-bond donors (Lipinski definition) is 3. The Morgan fingerprint density at radius 3 is 2.47 bits per heavy atom. The third-order valence-electron chi connectivity index (χ3n) is 11.0. The summed E-state index contributed by atoms with van der Waals surface area (Å²) in [5, 5.41) is 33.3. The number of ether oxygens (including phenoxy) is 2. The fourth-order valence-corrected chi connectivity index (χ4v) is 9.19. The highest BCUT2D eigenvalue weighted by atomic mass is 16.7. The van der Waals surface area contributed by atoms with Crippen LogP contribution in [0.5, 0.6) is 0 Å². The van der Waals surface area contributed by atoms with E-state index < -0.39 is 12.4 Å². The molecule has 0 aromatic rings.